The van der Waals surface area contributed by atoms with E-state index in [0.717, 1.165) is 22.4 Å². The first-order valence-corrected chi connectivity index (χ1v) is 9.10. The van der Waals surface area contributed by atoms with Crippen molar-refractivity contribution in [3.8, 4) is 0 Å². The van der Waals surface area contributed by atoms with Gasteiger partial charge < -0.3 is 10.1 Å². The van der Waals surface area contributed by atoms with Crippen LogP contribution in [0.3, 0.4) is 0 Å². The summed E-state index contributed by atoms with van der Waals surface area (Å²) in [6.45, 7) is 4.69. The van der Waals surface area contributed by atoms with Crippen molar-refractivity contribution < 1.29 is 9.53 Å². The lowest BCUT2D eigenvalue weighted by Crippen LogP contribution is -2.47. The Bertz CT molecular complexity index is 849. The van der Waals surface area contributed by atoms with E-state index in [1.54, 1.807) is 10.9 Å². The Morgan fingerprint density at radius 3 is 2.07 bits per heavy atom. The molecule has 0 saturated heterocycles. The average Bonchev–Trinajstić information content (AvgIpc) is 3.03. The van der Waals surface area contributed by atoms with E-state index < -0.39 is 5.60 Å². The lowest BCUT2D eigenvalue weighted by Gasteiger charge is -2.33. The summed E-state index contributed by atoms with van der Waals surface area (Å²) in [5.74, 6) is -0.190. The molecule has 0 aliphatic rings. The largest absolute Gasteiger partial charge is 0.356 e. The lowest BCUT2D eigenvalue weighted by atomic mass is 9.85. The zero-order valence-electron chi connectivity index (χ0n) is 16.0. The summed E-state index contributed by atoms with van der Waals surface area (Å²) in [4.78, 5) is 13.5. The van der Waals surface area contributed by atoms with Crippen LogP contribution < -0.4 is 5.32 Å². The van der Waals surface area contributed by atoms with E-state index in [1.807, 2.05) is 81.6 Å². The highest BCUT2D eigenvalue weighted by molar-refractivity contribution is 5.90. The van der Waals surface area contributed by atoms with Crippen LogP contribution >= 0.6 is 0 Å². The molecule has 0 fully saturated rings. The summed E-state index contributed by atoms with van der Waals surface area (Å²) < 4.78 is 7.95. The minimum atomic E-state index is -1.20. The fraction of sp³-hybridized carbons (Fsp3) is 0.273. The quantitative estimate of drug-likeness (QED) is 0.701. The smallest absolute Gasteiger partial charge is 0.261 e. The van der Waals surface area contributed by atoms with Gasteiger partial charge in [-0.2, -0.15) is 5.10 Å². The SMILES string of the molecule is CCOC(C(=O)NCc1cnn(C)c1C)(c1ccccc1)c1ccccc1. The van der Waals surface area contributed by atoms with E-state index in [2.05, 4.69) is 10.4 Å². The van der Waals surface area contributed by atoms with Crippen LogP contribution in [0.5, 0.6) is 0 Å². The third kappa shape index (κ3) is 3.64. The van der Waals surface area contributed by atoms with Crippen LogP contribution in [0, 0.1) is 6.92 Å². The zero-order valence-corrected chi connectivity index (χ0v) is 16.0. The number of hydrogen-bond donors (Lipinski definition) is 1. The molecule has 0 atom stereocenters. The molecule has 0 unspecified atom stereocenters. The van der Waals surface area contributed by atoms with E-state index in [4.69, 9.17) is 4.74 Å². The van der Waals surface area contributed by atoms with Crippen LogP contribution in [-0.4, -0.2) is 22.3 Å². The van der Waals surface area contributed by atoms with Crippen LogP contribution in [-0.2, 0) is 28.7 Å². The molecule has 5 heteroatoms. The number of nitrogens with one attached hydrogen (secondary N) is 1. The van der Waals surface area contributed by atoms with Crippen LogP contribution in [0.2, 0.25) is 0 Å². The molecule has 0 radical (unpaired) electrons. The summed E-state index contributed by atoms with van der Waals surface area (Å²) in [7, 11) is 1.89. The van der Waals surface area contributed by atoms with Gasteiger partial charge in [0, 0.05) is 31.5 Å². The molecular formula is C22H25N3O2. The summed E-state index contributed by atoms with van der Waals surface area (Å²) in [6.07, 6.45) is 1.78. The first-order valence-electron chi connectivity index (χ1n) is 9.10. The van der Waals surface area contributed by atoms with Crippen molar-refractivity contribution in [1.82, 2.24) is 15.1 Å². The minimum absolute atomic E-state index is 0.190. The Kier molecular flexibility index (Phi) is 5.72. The molecule has 0 aliphatic heterocycles. The van der Waals surface area contributed by atoms with Crippen LogP contribution in [0.1, 0.15) is 29.3 Å². The van der Waals surface area contributed by atoms with Crippen LogP contribution in [0.25, 0.3) is 0 Å². The monoisotopic (exact) mass is 363 g/mol. The van der Waals surface area contributed by atoms with Crippen LogP contribution in [0.15, 0.2) is 66.9 Å². The van der Waals surface area contributed by atoms with Gasteiger partial charge in [0.1, 0.15) is 0 Å². The third-order valence-electron chi connectivity index (χ3n) is 4.82. The number of carbonyl (C=O) groups excluding carboxylic acids is 1. The molecule has 2 aromatic carbocycles. The maximum atomic E-state index is 13.5. The number of amides is 1. The third-order valence-corrected chi connectivity index (χ3v) is 4.82. The Labute approximate surface area is 160 Å². The van der Waals surface area contributed by atoms with E-state index in [0.29, 0.717) is 13.2 Å². The molecule has 0 aliphatic carbocycles. The molecule has 5 nitrogen and oxygen atoms in total. The lowest BCUT2D eigenvalue weighted by molar-refractivity contribution is -0.142. The average molecular weight is 363 g/mol. The van der Waals surface area contributed by atoms with Crippen LogP contribution in [0.4, 0.5) is 0 Å². The maximum Gasteiger partial charge on any atom is 0.261 e. The number of aromatic nitrogens is 2. The molecule has 1 amide bonds. The topological polar surface area (TPSA) is 56.1 Å². The molecule has 0 bridgehead atoms. The molecule has 1 aromatic heterocycles. The minimum Gasteiger partial charge on any atom is -0.356 e. The Morgan fingerprint density at radius 2 is 1.63 bits per heavy atom. The first-order chi connectivity index (χ1) is 13.1. The predicted octanol–water partition coefficient (Wildman–Crippen LogP) is 3.33. The van der Waals surface area contributed by atoms with Gasteiger partial charge in [-0.25, -0.2) is 0 Å². The van der Waals surface area contributed by atoms with Gasteiger partial charge in [-0.05, 0) is 25.0 Å². The molecule has 0 spiro atoms. The Hall–Kier alpha value is -2.92. The molecular weight excluding hydrogens is 338 g/mol. The first kappa shape index (κ1) is 18.9. The van der Waals surface area contributed by atoms with Gasteiger partial charge in [0.25, 0.3) is 5.91 Å². The molecule has 140 valence electrons. The van der Waals surface area contributed by atoms with Gasteiger partial charge in [-0.1, -0.05) is 60.7 Å². The van der Waals surface area contributed by atoms with Gasteiger partial charge >= 0.3 is 0 Å². The second-order valence-corrected chi connectivity index (χ2v) is 6.41. The number of ether oxygens (including phenoxy) is 1. The summed E-state index contributed by atoms with van der Waals surface area (Å²) in [5.41, 5.74) is 2.42. The Balaban J connectivity index is 2.00. The number of rotatable bonds is 7. The van der Waals surface area contributed by atoms with Gasteiger partial charge in [0.2, 0.25) is 0 Å². The zero-order chi connectivity index (χ0) is 19.3. The normalized spacial score (nSPS) is 11.4. The molecule has 1 heterocycles. The van der Waals surface area contributed by atoms with Gasteiger partial charge in [0.05, 0.1) is 6.20 Å². The fourth-order valence-electron chi connectivity index (χ4n) is 3.24. The number of aryl methyl sites for hydroxylation is 1. The molecule has 1 N–H and O–H groups in total. The van der Waals surface area contributed by atoms with Gasteiger partial charge in [-0.3, -0.25) is 9.48 Å². The number of nitrogens with zero attached hydrogens (tertiary/aromatic N) is 2. The molecule has 3 rings (SSSR count). The van der Waals surface area contributed by atoms with Crippen molar-refractivity contribution in [2.45, 2.75) is 26.0 Å². The Morgan fingerprint density at radius 1 is 1.07 bits per heavy atom. The fourth-order valence-corrected chi connectivity index (χ4v) is 3.24. The van der Waals surface area contributed by atoms with Crippen molar-refractivity contribution in [3.05, 3.63) is 89.2 Å². The summed E-state index contributed by atoms with van der Waals surface area (Å²) in [6, 6.07) is 19.3. The highest BCUT2D eigenvalue weighted by Gasteiger charge is 2.43. The number of benzene rings is 2. The standard InChI is InChI=1S/C22H25N3O2/c1-4-27-22(19-11-7-5-8-12-19,20-13-9-6-10-14-20)21(26)23-15-18-16-24-25(3)17(18)2/h5-14,16H,4,15H2,1-3H3,(H,23,26). The van der Waals surface area contributed by atoms with Gasteiger partial charge in [-0.15, -0.1) is 0 Å². The van der Waals surface area contributed by atoms with E-state index >= 15 is 0 Å². The predicted molar refractivity (Wildman–Crippen MR) is 105 cm³/mol. The van der Waals surface area contributed by atoms with Gasteiger partial charge in [0.15, 0.2) is 5.60 Å². The maximum absolute atomic E-state index is 13.5. The highest BCUT2D eigenvalue weighted by Crippen LogP contribution is 2.34. The summed E-state index contributed by atoms with van der Waals surface area (Å²) in [5, 5.41) is 7.30. The molecule has 27 heavy (non-hydrogen) atoms. The summed E-state index contributed by atoms with van der Waals surface area (Å²) >= 11 is 0. The number of hydrogen-bond acceptors (Lipinski definition) is 3. The van der Waals surface area contributed by atoms with E-state index in [-0.39, 0.29) is 5.91 Å². The van der Waals surface area contributed by atoms with Crippen molar-refractivity contribution >= 4 is 5.91 Å². The van der Waals surface area contributed by atoms with Crippen molar-refractivity contribution in [2.24, 2.45) is 7.05 Å². The van der Waals surface area contributed by atoms with E-state index in [9.17, 15) is 4.79 Å². The van der Waals surface area contributed by atoms with Crippen molar-refractivity contribution in [1.29, 1.82) is 0 Å². The van der Waals surface area contributed by atoms with Crippen molar-refractivity contribution in [3.63, 3.8) is 0 Å². The molecule has 0 saturated carbocycles. The second kappa shape index (κ2) is 8.18. The number of carbonyl (C=O) groups is 1. The second-order valence-electron chi connectivity index (χ2n) is 6.41. The van der Waals surface area contributed by atoms with E-state index in [1.165, 1.54) is 0 Å². The molecule has 3 aromatic rings. The highest BCUT2D eigenvalue weighted by atomic mass is 16.5. The van der Waals surface area contributed by atoms with Crippen molar-refractivity contribution in [2.75, 3.05) is 6.61 Å².